The third-order valence-electron chi connectivity index (χ3n) is 2.90. The Bertz CT molecular complexity index is 635. The molecular weight excluding hydrogens is 260 g/mol. The summed E-state index contributed by atoms with van der Waals surface area (Å²) in [5, 5.41) is 25.9. The summed E-state index contributed by atoms with van der Waals surface area (Å²) < 4.78 is 0. The summed E-state index contributed by atoms with van der Waals surface area (Å²) in [6.07, 6.45) is 0. The van der Waals surface area contributed by atoms with Crippen molar-refractivity contribution in [1.82, 2.24) is 0 Å². The van der Waals surface area contributed by atoms with E-state index in [1.54, 1.807) is 36.4 Å². The van der Waals surface area contributed by atoms with Crippen LogP contribution >= 0.6 is 0 Å². The number of nitriles is 2. The summed E-state index contributed by atoms with van der Waals surface area (Å²) in [6.45, 7) is 6.46. The van der Waals surface area contributed by atoms with Gasteiger partial charge in [0.05, 0.1) is 11.1 Å². The number of phenolic OH excluding ortho intramolecular Hbond substituents is 1. The largest absolute Gasteiger partial charge is 0.508 e. The number of rotatable bonds is 0. The van der Waals surface area contributed by atoms with Gasteiger partial charge in [-0.05, 0) is 35.2 Å². The fourth-order valence-corrected chi connectivity index (χ4v) is 1.64. The van der Waals surface area contributed by atoms with Gasteiger partial charge in [-0.15, -0.1) is 0 Å². The fourth-order valence-electron chi connectivity index (χ4n) is 1.64. The van der Waals surface area contributed by atoms with E-state index in [1.165, 1.54) is 5.56 Å². The first-order valence-electron chi connectivity index (χ1n) is 6.57. The van der Waals surface area contributed by atoms with Crippen LogP contribution in [-0.2, 0) is 5.41 Å². The van der Waals surface area contributed by atoms with Gasteiger partial charge in [0.15, 0.2) is 0 Å². The first-order chi connectivity index (χ1) is 9.88. The second kappa shape index (κ2) is 7.12. The maximum Gasteiger partial charge on any atom is 0.115 e. The van der Waals surface area contributed by atoms with E-state index in [-0.39, 0.29) is 5.41 Å². The SMILES string of the molecule is CC(C)(C)c1ccc(O)cc1.N#Cc1ccccc1C#N. The number of phenols is 1. The average molecular weight is 278 g/mol. The molecule has 0 heterocycles. The lowest BCUT2D eigenvalue weighted by molar-refractivity contribution is 0.474. The predicted octanol–water partition coefficient (Wildman–Crippen LogP) is 4.12. The number of nitrogens with zero attached hydrogens (tertiary/aromatic N) is 2. The molecule has 3 nitrogen and oxygen atoms in total. The highest BCUT2D eigenvalue weighted by Crippen LogP contribution is 2.23. The van der Waals surface area contributed by atoms with Crippen LogP contribution < -0.4 is 0 Å². The minimum Gasteiger partial charge on any atom is -0.508 e. The van der Waals surface area contributed by atoms with Gasteiger partial charge < -0.3 is 5.11 Å². The Hall–Kier alpha value is -2.78. The molecule has 106 valence electrons. The van der Waals surface area contributed by atoms with E-state index >= 15 is 0 Å². The van der Waals surface area contributed by atoms with Crippen LogP contribution in [0.25, 0.3) is 0 Å². The molecule has 0 saturated carbocycles. The van der Waals surface area contributed by atoms with E-state index < -0.39 is 0 Å². The average Bonchev–Trinajstić information content (AvgIpc) is 2.47. The lowest BCUT2D eigenvalue weighted by atomic mass is 9.87. The summed E-state index contributed by atoms with van der Waals surface area (Å²) >= 11 is 0. The minimum atomic E-state index is 0.174. The van der Waals surface area contributed by atoms with Gasteiger partial charge in [-0.25, -0.2) is 0 Å². The first kappa shape index (κ1) is 16.3. The van der Waals surface area contributed by atoms with Crippen LogP contribution in [0.15, 0.2) is 48.5 Å². The van der Waals surface area contributed by atoms with Crippen molar-refractivity contribution < 1.29 is 5.11 Å². The highest BCUT2D eigenvalue weighted by molar-refractivity contribution is 5.44. The van der Waals surface area contributed by atoms with Crippen molar-refractivity contribution in [3.8, 4) is 17.9 Å². The van der Waals surface area contributed by atoms with E-state index in [0.29, 0.717) is 16.9 Å². The summed E-state index contributed by atoms with van der Waals surface area (Å²) in [5.74, 6) is 0.331. The Morgan fingerprint density at radius 2 is 1.24 bits per heavy atom. The van der Waals surface area contributed by atoms with Gasteiger partial charge in [-0.3, -0.25) is 0 Å². The summed E-state index contributed by atoms with van der Waals surface area (Å²) in [4.78, 5) is 0. The van der Waals surface area contributed by atoms with Gasteiger partial charge in [0, 0.05) is 0 Å². The van der Waals surface area contributed by atoms with E-state index in [9.17, 15) is 0 Å². The van der Waals surface area contributed by atoms with Gasteiger partial charge >= 0.3 is 0 Å². The van der Waals surface area contributed by atoms with Gasteiger partial charge in [0.25, 0.3) is 0 Å². The van der Waals surface area contributed by atoms with E-state index in [2.05, 4.69) is 20.8 Å². The van der Waals surface area contributed by atoms with E-state index in [4.69, 9.17) is 15.6 Å². The van der Waals surface area contributed by atoms with Crippen molar-refractivity contribution in [1.29, 1.82) is 10.5 Å². The van der Waals surface area contributed by atoms with Crippen molar-refractivity contribution in [2.45, 2.75) is 26.2 Å². The van der Waals surface area contributed by atoms with Gasteiger partial charge in [0.1, 0.15) is 17.9 Å². The molecule has 0 atom stereocenters. The summed E-state index contributed by atoms with van der Waals surface area (Å²) in [7, 11) is 0. The van der Waals surface area contributed by atoms with Crippen molar-refractivity contribution in [2.24, 2.45) is 0 Å². The van der Waals surface area contributed by atoms with Gasteiger partial charge in [0.2, 0.25) is 0 Å². The van der Waals surface area contributed by atoms with Crippen LogP contribution in [0, 0.1) is 22.7 Å². The number of aromatic hydroxyl groups is 1. The van der Waals surface area contributed by atoms with Crippen LogP contribution in [0.5, 0.6) is 5.75 Å². The maximum absolute atomic E-state index is 9.02. The van der Waals surface area contributed by atoms with Crippen LogP contribution in [-0.4, -0.2) is 5.11 Å². The second-order valence-corrected chi connectivity index (χ2v) is 5.57. The smallest absolute Gasteiger partial charge is 0.115 e. The molecule has 2 aromatic rings. The molecule has 2 aromatic carbocycles. The normalized spacial score (nSPS) is 9.76. The summed E-state index contributed by atoms with van der Waals surface area (Å²) in [5.41, 5.74) is 2.29. The number of benzene rings is 2. The molecule has 0 aliphatic rings. The quantitative estimate of drug-likeness (QED) is 0.788. The molecule has 0 aliphatic carbocycles. The Labute approximate surface area is 125 Å². The predicted molar refractivity (Wildman–Crippen MR) is 82.7 cm³/mol. The topological polar surface area (TPSA) is 67.8 Å². The molecule has 0 unspecified atom stereocenters. The number of hydrogen-bond acceptors (Lipinski definition) is 3. The molecule has 2 rings (SSSR count). The molecule has 0 bridgehead atoms. The third-order valence-corrected chi connectivity index (χ3v) is 2.90. The number of hydrogen-bond donors (Lipinski definition) is 1. The molecule has 0 aromatic heterocycles. The highest BCUT2D eigenvalue weighted by atomic mass is 16.3. The van der Waals surface area contributed by atoms with Gasteiger partial charge in [-0.2, -0.15) is 10.5 Å². The third kappa shape index (κ3) is 5.01. The molecule has 0 aliphatic heterocycles. The van der Waals surface area contributed by atoms with Crippen LogP contribution in [0.2, 0.25) is 0 Å². The van der Waals surface area contributed by atoms with E-state index in [1.807, 2.05) is 24.3 Å². The molecule has 0 amide bonds. The molecule has 0 fully saturated rings. The Balaban J connectivity index is 0.000000211. The Kier molecular flexibility index (Phi) is 5.52. The van der Waals surface area contributed by atoms with Crippen molar-refractivity contribution >= 4 is 0 Å². The molecule has 1 N–H and O–H groups in total. The molecule has 0 spiro atoms. The van der Waals surface area contributed by atoms with E-state index in [0.717, 1.165) is 0 Å². The molecular formula is C18H18N2O. The van der Waals surface area contributed by atoms with Crippen molar-refractivity contribution in [3.63, 3.8) is 0 Å². The Morgan fingerprint density at radius 3 is 1.57 bits per heavy atom. The lowest BCUT2D eigenvalue weighted by Gasteiger charge is -2.18. The minimum absolute atomic E-state index is 0.174. The maximum atomic E-state index is 9.02. The second-order valence-electron chi connectivity index (χ2n) is 5.57. The lowest BCUT2D eigenvalue weighted by Crippen LogP contribution is -2.10. The van der Waals surface area contributed by atoms with Crippen molar-refractivity contribution in [2.75, 3.05) is 0 Å². The zero-order chi connectivity index (χ0) is 15.9. The van der Waals surface area contributed by atoms with Crippen LogP contribution in [0.1, 0.15) is 37.5 Å². The molecule has 0 saturated heterocycles. The van der Waals surface area contributed by atoms with Crippen LogP contribution in [0.4, 0.5) is 0 Å². The molecule has 21 heavy (non-hydrogen) atoms. The molecule has 0 radical (unpaired) electrons. The first-order valence-corrected chi connectivity index (χ1v) is 6.57. The standard InChI is InChI=1S/C10H14O.C8H4N2/c1-10(2,3)8-4-6-9(11)7-5-8;9-5-7-3-1-2-4-8(7)6-10/h4-7,11H,1-3H3;1-4H. The van der Waals surface area contributed by atoms with Gasteiger partial charge in [-0.1, -0.05) is 45.0 Å². The highest BCUT2D eigenvalue weighted by Gasteiger charge is 2.12. The molecule has 3 heteroatoms. The Morgan fingerprint density at radius 1 is 0.810 bits per heavy atom. The van der Waals surface area contributed by atoms with Crippen molar-refractivity contribution in [3.05, 3.63) is 65.2 Å². The fraction of sp³-hybridized carbons (Fsp3) is 0.222. The zero-order valence-electron chi connectivity index (χ0n) is 12.5. The zero-order valence-corrected chi connectivity index (χ0v) is 12.5. The monoisotopic (exact) mass is 278 g/mol. The van der Waals surface area contributed by atoms with Crippen LogP contribution in [0.3, 0.4) is 0 Å². The summed E-state index contributed by atoms with van der Waals surface area (Å²) in [6, 6.07) is 17.9.